The Morgan fingerprint density at radius 3 is 2.36 bits per heavy atom. The van der Waals surface area contributed by atoms with Gasteiger partial charge in [-0.25, -0.2) is 9.59 Å². The molecule has 0 spiro atoms. The van der Waals surface area contributed by atoms with Gasteiger partial charge in [0.2, 0.25) is 0 Å². The lowest BCUT2D eigenvalue weighted by molar-refractivity contribution is -0.136. The van der Waals surface area contributed by atoms with Crippen molar-refractivity contribution in [1.82, 2.24) is 0 Å². The van der Waals surface area contributed by atoms with Crippen LogP contribution in [-0.4, -0.2) is 44.1 Å². The van der Waals surface area contributed by atoms with Gasteiger partial charge in [0.15, 0.2) is 0 Å². The van der Waals surface area contributed by atoms with Crippen molar-refractivity contribution >= 4 is 17.7 Å². The molecular weight excluding hydrogens is 426 g/mol. The third kappa shape index (κ3) is 8.70. The van der Waals surface area contributed by atoms with Crippen LogP contribution in [-0.2, 0) is 14.3 Å². The summed E-state index contributed by atoms with van der Waals surface area (Å²) in [5.41, 5.74) is 1.25. The third-order valence-corrected chi connectivity index (χ3v) is 4.50. The van der Waals surface area contributed by atoms with Gasteiger partial charge >= 0.3 is 12.1 Å². The van der Waals surface area contributed by atoms with Crippen LogP contribution in [0.1, 0.15) is 18.6 Å². The van der Waals surface area contributed by atoms with Crippen LogP contribution < -0.4 is 14.8 Å². The highest BCUT2D eigenvalue weighted by Gasteiger charge is 2.23. The molecule has 0 bridgehead atoms. The number of anilines is 1. The lowest BCUT2D eigenvalue weighted by Crippen LogP contribution is -2.21. The first kappa shape index (κ1) is 25.5. The van der Waals surface area contributed by atoms with E-state index in [1.807, 2.05) is 6.92 Å². The number of hydrogen-bond acceptors (Lipinski definition) is 7. The van der Waals surface area contributed by atoms with Crippen LogP contribution in [0, 0.1) is 5.92 Å². The van der Waals surface area contributed by atoms with E-state index in [4.69, 9.17) is 24.1 Å². The second-order valence-electron chi connectivity index (χ2n) is 6.96. The van der Waals surface area contributed by atoms with E-state index in [2.05, 4.69) is 11.9 Å². The van der Waals surface area contributed by atoms with Crippen molar-refractivity contribution in [3.05, 3.63) is 78.9 Å². The highest BCUT2D eigenvalue weighted by atomic mass is 16.6. The molecule has 0 aromatic heterocycles. The predicted octanol–water partition coefficient (Wildman–Crippen LogP) is 4.28. The number of hydrogen-bond donors (Lipinski definition) is 2. The molecule has 0 fully saturated rings. The fourth-order valence-corrected chi connectivity index (χ4v) is 2.85. The molecule has 0 radical (unpaired) electrons. The summed E-state index contributed by atoms with van der Waals surface area (Å²) in [6, 6.07) is 13.8. The molecular formula is C25H29NO7. The van der Waals surface area contributed by atoms with Crippen LogP contribution in [0.25, 0.3) is 0 Å². The van der Waals surface area contributed by atoms with Crippen molar-refractivity contribution in [1.29, 1.82) is 0 Å². The number of carbonyl (C=O) groups is 2. The number of nitrogens with one attached hydrogen (secondary N) is 1. The van der Waals surface area contributed by atoms with Crippen LogP contribution in [0.5, 0.6) is 11.5 Å². The van der Waals surface area contributed by atoms with E-state index in [9.17, 15) is 9.59 Å². The van der Waals surface area contributed by atoms with E-state index in [0.29, 0.717) is 22.7 Å². The van der Waals surface area contributed by atoms with Gasteiger partial charge < -0.3 is 24.1 Å². The summed E-state index contributed by atoms with van der Waals surface area (Å²) < 4.78 is 21.2. The first-order chi connectivity index (χ1) is 16.0. The molecule has 0 aliphatic heterocycles. The largest absolute Gasteiger partial charge is 0.497 e. The Morgan fingerprint density at radius 2 is 1.76 bits per heavy atom. The van der Waals surface area contributed by atoms with Crippen LogP contribution in [0.4, 0.5) is 10.5 Å². The van der Waals surface area contributed by atoms with Gasteiger partial charge in [-0.1, -0.05) is 37.8 Å². The zero-order valence-corrected chi connectivity index (χ0v) is 18.7. The van der Waals surface area contributed by atoms with E-state index < -0.39 is 18.2 Å². The summed E-state index contributed by atoms with van der Waals surface area (Å²) in [7, 11) is 1.56. The summed E-state index contributed by atoms with van der Waals surface area (Å²) in [6.45, 7) is 5.51. The minimum Gasteiger partial charge on any atom is -0.497 e. The molecule has 1 amide bonds. The van der Waals surface area contributed by atoms with Gasteiger partial charge in [0.25, 0.3) is 0 Å². The number of ether oxygens (including phenoxy) is 4. The molecule has 0 heterocycles. The van der Waals surface area contributed by atoms with Gasteiger partial charge in [0.05, 0.1) is 13.7 Å². The van der Waals surface area contributed by atoms with Crippen LogP contribution in [0.2, 0.25) is 0 Å². The van der Waals surface area contributed by atoms with Crippen LogP contribution >= 0.6 is 0 Å². The van der Waals surface area contributed by atoms with Gasteiger partial charge in [-0.2, -0.15) is 0 Å². The van der Waals surface area contributed by atoms with Crippen LogP contribution in [0.3, 0.4) is 0 Å². The summed E-state index contributed by atoms with van der Waals surface area (Å²) in [5, 5.41) is 11.6. The number of benzene rings is 2. The summed E-state index contributed by atoms with van der Waals surface area (Å²) in [6.07, 6.45) is 3.04. The smallest absolute Gasteiger partial charge is 0.412 e. The quantitative estimate of drug-likeness (QED) is 0.280. The van der Waals surface area contributed by atoms with E-state index in [1.54, 1.807) is 61.7 Å². The van der Waals surface area contributed by atoms with Gasteiger partial charge in [-0.3, -0.25) is 5.32 Å². The van der Waals surface area contributed by atoms with Crippen molar-refractivity contribution in [2.45, 2.75) is 13.0 Å². The Bertz CT molecular complexity index is 923. The summed E-state index contributed by atoms with van der Waals surface area (Å²) in [4.78, 5) is 24.4. The van der Waals surface area contributed by atoms with E-state index in [1.165, 1.54) is 12.2 Å². The molecule has 0 saturated carbocycles. The van der Waals surface area contributed by atoms with Crippen molar-refractivity contribution < 1.29 is 33.6 Å². The van der Waals surface area contributed by atoms with Crippen molar-refractivity contribution in [2.75, 3.05) is 32.2 Å². The van der Waals surface area contributed by atoms with E-state index in [0.717, 1.165) is 0 Å². The molecule has 0 saturated heterocycles. The SMILES string of the molecule is C=CCOC(=O)/C=C/[C@@H](C)[C@H](OC(=O)Nc1ccc(OC)cc1)c1ccc(OCCO)cc1. The highest BCUT2D eigenvalue weighted by Crippen LogP contribution is 2.29. The number of esters is 1. The first-order valence-electron chi connectivity index (χ1n) is 10.4. The molecule has 0 unspecified atom stereocenters. The second-order valence-corrected chi connectivity index (χ2v) is 6.96. The maximum Gasteiger partial charge on any atom is 0.412 e. The maximum atomic E-state index is 12.6. The monoisotopic (exact) mass is 455 g/mol. The Kier molecular flexibility index (Phi) is 10.5. The molecule has 0 aliphatic carbocycles. The Morgan fingerprint density at radius 1 is 1.09 bits per heavy atom. The Balaban J connectivity index is 2.15. The molecule has 0 aliphatic rings. The first-order valence-corrected chi connectivity index (χ1v) is 10.4. The molecule has 176 valence electrons. The second kappa shape index (κ2) is 13.6. The van der Waals surface area contributed by atoms with Gasteiger partial charge in [-0.05, 0) is 42.0 Å². The highest BCUT2D eigenvalue weighted by molar-refractivity contribution is 5.85. The molecule has 8 nitrogen and oxygen atoms in total. The Labute approximate surface area is 193 Å². The van der Waals surface area contributed by atoms with Gasteiger partial charge in [-0.15, -0.1) is 0 Å². The molecule has 2 N–H and O–H groups in total. The fourth-order valence-electron chi connectivity index (χ4n) is 2.85. The normalized spacial score (nSPS) is 12.5. The number of amides is 1. The summed E-state index contributed by atoms with van der Waals surface area (Å²) in [5.74, 6) is 0.367. The zero-order chi connectivity index (χ0) is 24.1. The fraction of sp³-hybridized carbons (Fsp3) is 0.280. The average Bonchev–Trinajstić information content (AvgIpc) is 2.84. The number of carbonyl (C=O) groups excluding carboxylic acids is 2. The zero-order valence-electron chi connectivity index (χ0n) is 18.7. The summed E-state index contributed by atoms with van der Waals surface area (Å²) >= 11 is 0. The number of rotatable bonds is 12. The van der Waals surface area contributed by atoms with Gasteiger partial charge in [0.1, 0.15) is 30.8 Å². The minimum absolute atomic E-state index is 0.0944. The molecule has 33 heavy (non-hydrogen) atoms. The Hall–Kier alpha value is -3.78. The molecule has 2 rings (SSSR count). The van der Waals surface area contributed by atoms with E-state index in [-0.39, 0.29) is 25.7 Å². The lowest BCUT2D eigenvalue weighted by atomic mass is 9.96. The van der Waals surface area contributed by atoms with Gasteiger partial charge in [0, 0.05) is 17.7 Å². The standard InChI is InChI=1S/C25H29NO7/c1-4-16-32-23(28)14-5-18(2)24(19-6-10-22(11-7-19)31-17-15-27)33-25(29)26-20-8-12-21(30-3)13-9-20/h4-14,18,24,27H,1,15-17H2,2-3H3,(H,26,29)/b14-5+/t18-,24+/m1/s1. The number of aliphatic hydroxyl groups excluding tert-OH is 1. The predicted molar refractivity (Wildman–Crippen MR) is 124 cm³/mol. The van der Waals surface area contributed by atoms with Crippen LogP contribution in [0.15, 0.2) is 73.3 Å². The van der Waals surface area contributed by atoms with Crippen molar-refractivity contribution in [3.63, 3.8) is 0 Å². The third-order valence-electron chi connectivity index (χ3n) is 4.50. The lowest BCUT2D eigenvalue weighted by Gasteiger charge is -2.23. The average molecular weight is 456 g/mol. The maximum absolute atomic E-state index is 12.6. The van der Waals surface area contributed by atoms with Crippen molar-refractivity contribution in [2.24, 2.45) is 5.92 Å². The molecule has 2 atom stereocenters. The molecule has 2 aromatic rings. The molecule has 8 heteroatoms. The topological polar surface area (TPSA) is 103 Å². The molecule has 2 aromatic carbocycles. The van der Waals surface area contributed by atoms with Crippen molar-refractivity contribution in [3.8, 4) is 11.5 Å². The minimum atomic E-state index is -0.696. The number of aliphatic hydroxyl groups is 1. The van der Waals surface area contributed by atoms with E-state index >= 15 is 0 Å². The number of methoxy groups -OCH3 is 1.